The van der Waals surface area contributed by atoms with Crippen molar-refractivity contribution in [3.63, 3.8) is 0 Å². The highest BCUT2D eigenvalue weighted by Gasteiger charge is 2.42. The van der Waals surface area contributed by atoms with E-state index in [0.717, 1.165) is 5.56 Å². The van der Waals surface area contributed by atoms with Crippen LogP contribution in [0.1, 0.15) is 52.3 Å². The van der Waals surface area contributed by atoms with E-state index in [4.69, 9.17) is 0 Å². The molecule has 9 nitrogen and oxygen atoms in total. The Morgan fingerprint density at radius 2 is 2.00 bits per heavy atom. The Kier molecular flexibility index (Phi) is 5.97. The van der Waals surface area contributed by atoms with E-state index >= 15 is 0 Å². The number of rotatable bonds is 5. The minimum absolute atomic E-state index is 0.00296. The second kappa shape index (κ2) is 8.99. The van der Waals surface area contributed by atoms with Gasteiger partial charge in [0.05, 0.1) is 23.9 Å². The molecule has 0 aromatic carbocycles. The van der Waals surface area contributed by atoms with Gasteiger partial charge in [0, 0.05) is 36.6 Å². The van der Waals surface area contributed by atoms with Crippen molar-refractivity contribution in [1.82, 2.24) is 39.4 Å². The second-order valence-electron chi connectivity index (χ2n) is 8.99. The zero-order chi connectivity index (χ0) is 25.6. The Morgan fingerprint density at radius 3 is 2.72 bits per heavy atom. The fraction of sp³-hybridized carbons (Fsp3) is 0.417. The normalized spacial score (nSPS) is 15.8. The molecule has 5 rings (SSSR count). The largest absolute Gasteiger partial charge is 0.392 e. The maximum Gasteiger partial charge on any atom is 0.392 e. The molecule has 36 heavy (non-hydrogen) atoms. The Morgan fingerprint density at radius 1 is 1.19 bits per heavy atom. The molecule has 4 aromatic rings. The smallest absolute Gasteiger partial charge is 0.345 e. The summed E-state index contributed by atoms with van der Waals surface area (Å²) >= 11 is 0. The summed E-state index contributed by atoms with van der Waals surface area (Å²) in [7, 11) is 0. The summed E-state index contributed by atoms with van der Waals surface area (Å²) in [5, 5.41) is 7.30. The molecular formula is C24H25F3N8O. The quantitative estimate of drug-likeness (QED) is 0.451. The van der Waals surface area contributed by atoms with Gasteiger partial charge in [0.1, 0.15) is 11.5 Å². The van der Waals surface area contributed by atoms with Gasteiger partial charge in [-0.05, 0) is 44.4 Å². The van der Waals surface area contributed by atoms with Gasteiger partial charge in [-0.1, -0.05) is 6.92 Å². The van der Waals surface area contributed by atoms with Gasteiger partial charge in [-0.15, -0.1) is 0 Å². The molecule has 0 fully saturated rings. The zero-order valence-electron chi connectivity index (χ0n) is 20.1. The third-order valence-corrected chi connectivity index (χ3v) is 6.38. The van der Waals surface area contributed by atoms with Crippen molar-refractivity contribution in [3.05, 3.63) is 58.7 Å². The molecule has 0 bridgehead atoms. The van der Waals surface area contributed by atoms with Gasteiger partial charge < -0.3 is 5.32 Å². The van der Waals surface area contributed by atoms with Crippen LogP contribution < -0.4 is 5.32 Å². The number of fused-ring (bicyclic) bond motifs is 2. The average Bonchev–Trinajstić information content (AvgIpc) is 3.42. The number of carbonyl (C=O) groups is 1. The molecule has 5 heterocycles. The lowest BCUT2D eigenvalue weighted by molar-refractivity contribution is -0.179. The van der Waals surface area contributed by atoms with Crippen LogP contribution in [-0.4, -0.2) is 46.2 Å². The van der Waals surface area contributed by atoms with Crippen molar-refractivity contribution in [1.29, 1.82) is 0 Å². The molecule has 1 atom stereocenters. The molecule has 0 radical (unpaired) electrons. The second-order valence-corrected chi connectivity index (χ2v) is 8.99. The number of aryl methyl sites for hydroxylation is 4. The van der Waals surface area contributed by atoms with Crippen molar-refractivity contribution in [3.8, 4) is 11.4 Å². The molecule has 4 aromatic heterocycles. The predicted octanol–water partition coefficient (Wildman–Crippen LogP) is 3.62. The Bertz CT molecular complexity index is 1460. The van der Waals surface area contributed by atoms with Gasteiger partial charge in [-0.2, -0.15) is 18.3 Å². The van der Waals surface area contributed by atoms with Crippen LogP contribution in [0.3, 0.4) is 0 Å². The molecule has 0 spiro atoms. The minimum atomic E-state index is -4.24. The Labute approximate surface area is 204 Å². The molecule has 1 aliphatic heterocycles. The van der Waals surface area contributed by atoms with Crippen molar-refractivity contribution in [2.24, 2.45) is 5.92 Å². The molecule has 1 amide bonds. The van der Waals surface area contributed by atoms with E-state index in [2.05, 4.69) is 30.4 Å². The lowest BCUT2D eigenvalue weighted by Crippen LogP contribution is -2.31. The van der Waals surface area contributed by atoms with Crippen molar-refractivity contribution < 1.29 is 18.0 Å². The SMILES string of the molecule is CCc1nc2ncc(C)cn2c1C(=O)NCc1ccc(-c2nc3n(n2)CCC(C(F)(F)F)C3)c(C)n1. The van der Waals surface area contributed by atoms with Gasteiger partial charge in [0.15, 0.2) is 5.82 Å². The average molecular weight is 499 g/mol. The number of aromatic nitrogens is 7. The number of amides is 1. The number of nitrogens with one attached hydrogen (secondary N) is 1. The van der Waals surface area contributed by atoms with Gasteiger partial charge >= 0.3 is 6.18 Å². The van der Waals surface area contributed by atoms with Crippen LogP contribution in [0.4, 0.5) is 13.2 Å². The Balaban J connectivity index is 1.32. The van der Waals surface area contributed by atoms with E-state index in [9.17, 15) is 18.0 Å². The molecule has 1 aliphatic rings. The molecule has 1 N–H and O–H groups in total. The first-order valence-electron chi connectivity index (χ1n) is 11.7. The summed E-state index contributed by atoms with van der Waals surface area (Å²) in [6.07, 6.45) is -0.297. The number of pyridine rings is 1. The first-order valence-corrected chi connectivity index (χ1v) is 11.7. The summed E-state index contributed by atoms with van der Waals surface area (Å²) in [6.45, 7) is 5.98. The molecule has 0 saturated carbocycles. The van der Waals surface area contributed by atoms with Gasteiger partial charge in [-0.25, -0.2) is 19.6 Å². The molecule has 0 aliphatic carbocycles. The number of alkyl halides is 3. The van der Waals surface area contributed by atoms with Crippen LogP contribution in [0.15, 0.2) is 24.5 Å². The zero-order valence-corrected chi connectivity index (χ0v) is 20.1. The number of hydrogen-bond acceptors (Lipinski definition) is 6. The van der Waals surface area contributed by atoms with Crippen LogP contribution in [0.25, 0.3) is 17.2 Å². The standard InChI is InChI=1S/C24H25F3N8O/c1-4-18-20(34-12-13(2)10-29-23(34)31-18)22(36)28-11-16-5-6-17(14(3)30-16)21-32-19-9-15(24(25,26)27)7-8-35(19)33-21/h5-6,10,12,15H,4,7-9,11H2,1-3H3,(H,28,36). The monoisotopic (exact) mass is 498 g/mol. The van der Waals surface area contributed by atoms with Crippen molar-refractivity contribution in [2.45, 2.75) is 59.3 Å². The highest BCUT2D eigenvalue weighted by Crippen LogP contribution is 2.35. The number of hydrogen-bond donors (Lipinski definition) is 1. The van der Waals surface area contributed by atoms with Crippen LogP contribution in [0.2, 0.25) is 0 Å². The fourth-order valence-electron chi connectivity index (χ4n) is 4.46. The highest BCUT2D eigenvalue weighted by molar-refractivity contribution is 5.94. The van der Waals surface area contributed by atoms with E-state index in [1.165, 1.54) is 0 Å². The summed E-state index contributed by atoms with van der Waals surface area (Å²) in [6, 6.07) is 3.54. The van der Waals surface area contributed by atoms with E-state index in [-0.39, 0.29) is 31.8 Å². The predicted molar refractivity (Wildman–Crippen MR) is 124 cm³/mol. The summed E-state index contributed by atoms with van der Waals surface area (Å²) in [4.78, 5) is 30.7. The van der Waals surface area contributed by atoms with E-state index < -0.39 is 12.1 Å². The van der Waals surface area contributed by atoms with Crippen LogP contribution in [0.5, 0.6) is 0 Å². The van der Waals surface area contributed by atoms with Crippen LogP contribution in [0, 0.1) is 19.8 Å². The first kappa shape index (κ1) is 23.9. The van der Waals surface area contributed by atoms with Crippen molar-refractivity contribution in [2.75, 3.05) is 0 Å². The third kappa shape index (κ3) is 4.42. The lowest BCUT2D eigenvalue weighted by atomic mass is 9.98. The molecule has 12 heteroatoms. The highest BCUT2D eigenvalue weighted by atomic mass is 19.4. The van der Waals surface area contributed by atoms with Gasteiger partial charge in [0.2, 0.25) is 5.78 Å². The number of halogens is 3. The maximum atomic E-state index is 13.1. The van der Waals surface area contributed by atoms with Gasteiger partial charge in [0.25, 0.3) is 5.91 Å². The summed E-state index contributed by atoms with van der Waals surface area (Å²) < 4.78 is 42.6. The Hall–Kier alpha value is -3.83. The van der Waals surface area contributed by atoms with Gasteiger partial charge in [-0.3, -0.25) is 14.2 Å². The summed E-state index contributed by atoms with van der Waals surface area (Å²) in [5.41, 5.74) is 3.92. The van der Waals surface area contributed by atoms with E-state index in [0.29, 0.717) is 52.2 Å². The first-order chi connectivity index (χ1) is 17.1. The van der Waals surface area contributed by atoms with Crippen molar-refractivity contribution >= 4 is 11.7 Å². The molecule has 0 saturated heterocycles. The molecule has 188 valence electrons. The van der Waals surface area contributed by atoms with E-state index in [1.807, 2.05) is 20.0 Å². The molecular weight excluding hydrogens is 473 g/mol. The maximum absolute atomic E-state index is 13.1. The molecule has 1 unspecified atom stereocenters. The third-order valence-electron chi connectivity index (χ3n) is 6.38. The fourth-order valence-corrected chi connectivity index (χ4v) is 4.46. The van der Waals surface area contributed by atoms with E-state index in [1.54, 1.807) is 34.3 Å². The topological polar surface area (TPSA) is 103 Å². The number of imidazole rings is 1. The van der Waals surface area contributed by atoms with Crippen LogP contribution >= 0.6 is 0 Å². The van der Waals surface area contributed by atoms with Crippen LogP contribution in [-0.2, 0) is 25.9 Å². The number of carbonyl (C=O) groups excluding carboxylic acids is 1. The number of nitrogens with zero attached hydrogens (tertiary/aromatic N) is 7. The lowest BCUT2D eigenvalue weighted by Gasteiger charge is -2.24. The minimum Gasteiger partial charge on any atom is -0.345 e. The summed E-state index contributed by atoms with van der Waals surface area (Å²) in [5.74, 6) is -0.517.